The number of anilines is 1. The van der Waals surface area contributed by atoms with E-state index in [2.05, 4.69) is 11.4 Å². The van der Waals surface area contributed by atoms with Gasteiger partial charge in [0.25, 0.3) is 0 Å². The highest BCUT2D eigenvalue weighted by Gasteiger charge is 2.41. The Bertz CT molecular complexity index is 806. The third-order valence-corrected chi connectivity index (χ3v) is 4.17. The number of nitriles is 1. The number of hydrogen-bond acceptors (Lipinski definition) is 3. The number of nitrogens with one attached hydrogen (secondary N) is 1. The van der Waals surface area contributed by atoms with E-state index in [0.29, 0.717) is 17.7 Å². The molecule has 2 aromatic rings. The lowest BCUT2D eigenvalue weighted by Gasteiger charge is -2.10. The number of carboxylic acid groups (broad SMARTS) is 1. The molecular weight excluding hydrogens is 292 g/mol. The van der Waals surface area contributed by atoms with Gasteiger partial charge in [-0.05, 0) is 59.7 Å². The van der Waals surface area contributed by atoms with Crippen LogP contribution in [0.25, 0.3) is 0 Å². The molecule has 1 fully saturated rings. The molecule has 0 aliphatic heterocycles. The summed E-state index contributed by atoms with van der Waals surface area (Å²) in [6, 6.07) is 14.2. The average molecular weight is 306 g/mol. The molecule has 0 radical (unpaired) electrons. The molecule has 0 heterocycles. The van der Waals surface area contributed by atoms with E-state index in [1.807, 2.05) is 12.1 Å². The normalized spacial score (nSPS) is 18.7. The molecule has 23 heavy (non-hydrogen) atoms. The first-order valence-corrected chi connectivity index (χ1v) is 7.21. The highest BCUT2D eigenvalue weighted by Crippen LogP contribution is 2.56. The van der Waals surface area contributed by atoms with Gasteiger partial charge in [-0.3, -0.25) is 4.79 Å². The number of hydrogen-bond donors (Lipinski definition) is 2. The fraction of sp³-hybridized carbons (Fsp3) is 0.167. The number of rotatable bonds is 5. The van der Waals surface area contributed by atoms with Crippen LogP contribution < -0.4 is 5.32 Å². The SMILES string of the molecule is N#Cc1ccc(C2CC2c2cc(C(=O)O)ccc2NC=O)cc1. The van der Waals surface area contributed by atoms with E-state index in [1.165, 1.54) is 6.07 Å². The minimum absolute atomic E-state index is 0.171. The fourth-order valence-electron chi connectivity index (χ4n) is 2.91. The van der Waals surface area contributed by atoms with Gasteiger partial charge in [0.2, 0.25) is 6.41 Å². The van der Waals surface area contributed by atoms with Gasteiger partial charge < -0.3 is 10.4 Å². The summed E-state index contributed by atoms with van der Waals surface area (Å²) in [5.74, 6) is -0.539. The molecule has 114 valence electrons. The van der Waals surface area contributed by atoms with Crippen LogP contribution >= 0.6 is 0 Å². The Balaban J connectivity index is 1.89. The second kappa shape index (κ2) is 5.93. The number of carbonyl (C=O) groups excluding carboxylic acids is 1. The van der Waals surface area contributed by atoms with E-state index in [4.69, 9.17) is 10.4 Å². The van der Waals surface area contributed by atoms with E-state index in [-0.39, 0.29) is 17.4 Å². The summed E-state index contributed by atoms with van der Waals surface area (Å²) in [6.45, 7) is 0. The van der Waals surface area contributed by atoms with Gasteiger partial charge in [-0.25, -0.2) is 4.79 Å². The smallest absolute Gasteiger partial charge is 0.335 e. The second-order valence-electron chi connectivity index (χ2n) is 5.55. The van der Waals surface area contributed by atoms with Crippen molar-refractivity contribution in [2.45, 2.75) is 18.3 Å². The van der Waals surface area contributed by atoms with Crippen molar-refractivity contribution in [3.05, 3.63) is 64.7 Å². The summed E-state index contributed by atoms with van der Waals surface area (Å²) in [4.78, 5) is 21.9. The van der Waals surface area contributed by atoms with E-state index in [9.17, 15) is 9.59 Å². The predicted octanol–water partition coefficient (Wildman–Crippen LogP) is 3.10. The first kappa shape index (κ1) is 14.8. The van der Waals surface area contributed by atoms with Crippen molar-refractivity contribution in [2.24, 2.45) is 0 Å². The van der Waals surface area contributed by atoms with Crippen LogP contribution in [0.1, 0.15) is 45.3 Å². The van der Waals surface area contributed by atoms with Gasteiger partial charge >= 0.3 is 5.97 Å². The average Bonchev–Trinajstić information content (AvgIpc) is 3.36. The summed E-state index contributed by atoms with van der Waals surface area (Å²) < 4.78 is 0. The van der Waals surface area contributed by atoms with E-state index in [1.54, 1.807) is 24.3 Å². The quantitative estimate of drug-likeness (QED) is 0.830. The highest BCUT2D eigenvalue weighted by molar-refractivity contribution is 5.89. The topological polar surface area (TPSA) is 90.2 Å². The third kappa shape index (κ3) is 2.92. The molecule has 2 N–H and O–H groups in total. The Morgan fingerprint density at radius 1 is 1.22 bits per heavy atom. The highest BCUT2D eigenvalue weighted by atomic mass is 16.4. The number of aromatic carboxylic acids is 1. The number of carbonyl (C=O) groups is 2. The number of carboxylic acids is 1. The van der Waals surface area contributed by atoms with E-state index < -0.39 is 5.97 Å². The lowest BCUT2D eigenvalue weighted by molar-refractivity contribution is -0.105. The molecular formula is C18H14N2O3. The number of amides is 1. The largest absolute Gasteiger partial charge is 0.478 e. The van der Waals surface area contributed by atoms with Crippen LogP contribution in [-0.4, -0.2) is 17.5 Å². The fourth-order valence-corrected chi connectivity index (χ4v) is 2.91. The predicted molar refractivity (Wildman–Crippen MR) is 84.3 cm³/mol. The molecule has 0 spiro atoms. The Labute approximate surface area is 133 Å². The molecule has 1 aliphatic carbocycles. The zero-order valence-electron chi connectivity index (χ0n) is 12.2. The lowest BCUT2D eigenvalue weighted by atomic mass is 10.00. The first-order chi connectivity index (χ1) is 11.1. The monoisotopic (exact) mass is 306 g/mol. The molecule has 1 amide bonds. The molecule has 3 rings (SSSR count). The van der Waals surface area contributed by atoms with E-state index >= 15 is 0 Å². The zero-order valence-corrected chi connectivity index (χ0v) is 12.2. The van der Waals surface area contributed by atoms with Gasteiger partial charge in [-0.1, -0.05) is 12.1 Å². The third-order valence-electron chi connectivity index (χ3n) is 4.17. The van der Waals surface area contributed by atoms with Gasteiger partial charge in [0.05, 0.1) is 17.2 Å². The van der Waals surface area contributed by atoms with Crippen molar-refractivity contribution in [3.8, 4) is 6.07 Å². The molecule has 5 heteroatoms. The Morgan fingerprint density at radius 2 is 1.96 bits per heavy atom. The molecule has 0 saturated heterocycles. The van der Waals surface area contributed by atoms with Crippen LogP contribution in [0.5, 0.6) is 0 Å². The first-order valence-electron chi connectivity index (χ1n) is 7.21. The van der Waals surface area contributed by atoms with Crippen LogP contribution in [0.4, 0.5) is 5.69 Å². The van der Waals surface area contributed by atoms with Crippen molar-refractivity contribution in [1.29, 1.82) is 5.26 Å². The van der Waals surface area contributed by atoms with Crippen molar-refractivity contribution < 1.29 is 14.7 Å². The Hall–Kier alpha value is -3.13. The minimum atomic E-state index is -0.987. The maximum absolute atomic E-state index is 11.2. The standard InChI is InChI=1S/C18H14N2O3/c19-9-11-1-3-12(4-2-11)14-8-15(14)16-7-13(18(22)23)5-6-17(16)20-10-21/h1-7,10,14-15H,8H2,(H,20,21)(H,22,23). The van der Waals surface area contributed by atoms with Crippen LogP contribution in [0.3, 0.4) is 0 Å². The van der Waals surface area contributed by atoms with Gasteiger partial charge in [-0.2, -0.15) is 5.26 Å². The summed E-state index contributed by atoms with van der Waals surface area (Å²) >= 11 is 0. The van der Waals surface area contributed by atoms with E-state index in [0.717, 1.165) is 17.5 Å². The molecule has 2 atom stereocenters. The molecule has 0 aromatic heterocycles. The molecule has 0 bridgehead atoms. The van der Waals surface area contributed by atoms with Crippen molar-refractivity contribution in [2.75, 3.05) is 5.32 Å². The summed E-state index contributed by atoms with van der Waals surface area (Å²) in [5, 5.41) is 20.6. The van der Waals surface area contributed by atoms with Crippen molar-refractivity contribution in [3.63, 3.8) is 0 Å². The van der Waals surface area contributed by atoms with Gasteiger partial charge in [0.15, 0.2) is 0 Å². The molecule has 2 aromatic carbocycles. The van der Waals surface area contributed by atoms with Crippen LogP contribution in [0.2, 0.25) is 0 Å². The Kier molecular flexibility index (Phi) is 3.82. The number of benzene rings is 2. The lowest BCUT2D eigenvalue weighted by Crippen LogP contribution is -2.03. The van der Waals surface area contributed by atoms with Crippen molar-refractivity contribution >= 4 is 18.1 Å². The number of nitrogens with zero attached hydrogens (tertiary/aromatic N) is 1. The molecule has 5 nitrogen and oxygen atoms in total. The zero-order chi connectivity index (χ0) is 16.4. The maximum Gasteiger partial charge on any atom is 0.335 e. The minimum Gasteiger partial charge on any atom is -0.478 e. The summed E-state index contributed by atoms with van der Waals surface area (Å²) in [7, 11) is 0. The molecule has 2 unspecified atom stereocenters. The van der Waals surface area contributed by atoms with Gasteiger partial charge in [-0.15, -0.1) is 0 Å². The van der Waals surface area contributed by atoms with Gasteiger partial charge in [0.1, 0.15) is 0 Å². The summed E-state index contributed by atoms with van der Waals surface area (Å²) in [6.07, 6.45) is 1.49. The van der Waals surface area contributed by atoms with Crippen LogP contribution in [0, 0.1) is 11.3 Å². The maximum atomic E-state index is 11.2. The molecule has 1 saturated carbocycles. The second-order valence-corrected chi connectivity index (χ2v) is 5.55. The molecule has 1 aliphatic rings. The Morgan fingerprint density at radius 3 is 2.57 bits per heavy atom. The van der Waals surface area contributed by atoms with Crippen LogP contribution in [0.15, 0.2) is 42.5 Å². The van der Waals surface area contributed by atoms with Crippen LogP contribution in [-0.2, 0) is 4.79 Å². The van der Waals surface area contributed by atoms with Gasteiger partial charge in [0, 0.05) is 5.69 Å². The van der Waals surface area contributed by atoms with Crippen molar-refractivity contribution in [1.82, 2.24) is 0 Å². The summed E-state index contributed by atoms with van der Waals surface area (Å²) in [5.41, 5.74) is 3.42.